The fraction of sp³-hybridized carbons (Fsp3) is 0.590. The first-order chi connectivity index (χ1) is 22.4. The highest BCUT2D eigenvalue weighted by Crippen LogP contribution is 2.59. The van der Waals surface area contributed by atoms with Gasteiger partial charge in [-0.2, -0.15) is 0 Å². The summed E-state index contributed by atoms with van der Waals surface area (Å²) in [7, 11) is 1.60. The Morgan fingerprint density at radius 2 is 1.87 bits per heavy atom. The molecule has 0 radical (unpaired) electrons. The number of nitrogens with zero attached hydrogens (tertiary/aromatic N) is 1. The molecule has 3 N–H and O–H groups in total. The lowest BCUT2D eigenvalue weighted by molar-refractivity contribution is -0.0808. The number of carbonyl (C=O) groups is 2. The van der Waals surface area contributed by atoms with Crippen molar-refractivity contribution in [1.82, 2.24) is 10.2 Å². The molecule has 256 valence electrons. The van der Waals surface area contributed by atoms with E-state index in [1.54, 1.807) is 36.3 Å². The van der Waals surface area contributed by atoms with Gasteiger partial charge in [0, 0.05) is 35.7 Å². The summed E-state index contributed by atoms with van der Waals surface area (Å²) in [6, 6.07) is 13.0. The number of ether oxygens (including phenoxy) is 2. The Morgan fingerprint density at radius 1 is 1.11 bits per heavy atom. The van der Waals surface area contributed by atoms with Crippen molar-refractivity contribution in [2.75, 3.05) is 26.8 Å². The number of nitrogens with one attached hydrogen (secondary N) is 1. The summed E-state index contributed by atoms with van der Waals surface area (Å²) < 4.78 is 11.3. The summed E-state index contributed by atoms with van der Waals surface area (Å²) in [5, 5.41) is 26.8. The quantitative estimate of drug-likeness (QED) is 0.221. The molecule has 2 bridgehead atoms. The number of fused-ring (bicyclic) bond motifs is 8. The van der Waals surface area contributed by atoms with Gasteiger partial charge in [-0.3, -0.25) is 4.79 Å². The normalized spacial score (nSPS) is 28.0. The van der Waals surface area contributed by atoms with E-state index in [0.29, 0.717) is 62.1 Å². The van der Waals surface area contributed by atoms with E-state index < -0.39 is 17.1 Å². The molecule has 8 nitrogen and oxygen atoms in total. The Labute approximate surface area is 280 Å². The smallest absolute Gasteiger partial charge is 0.317 e. The van der Waals surface area contributed by atoms with Gasteiger partial charge in [0.25, 0.3) is 0 Å². The van der Waals surface area contributed by atoms with Gasteiger partial charge in [0.05, 0.1) is 31.5 Å². The lowest BCUT2D eigenvalue weighted by Gasteiger charge is -2.46. The van der Waals surface area contributed by atoms with Crippen LogP contribution in [-0.4, -0.2) is 77.6 Å². The second kappa shape index (κ2) is 14.9. The summed E-state index contributed by atoms with van der Waals surface area (Å²) in [5.74, 6) is 0.466. The van der Waals surface area contributed by atoms with Crippen molar-refractivity contribution in [3.8, 4) is 5.75 Å². The minimum absolute atomic E-state index is 0.0397. The van der Waals surface area contributed by atoms with Crippen LogP contribution in [0.2, 0.25) is 0 Å². The topological polar surface area (TPSA) is 108 Å². The number of rotatable bonds is 8. The Balaban J connectivity index is 1.57. The molecule has 1 heterocycles. The summed E-state index contributed by atoms with van der Waals surface area (Å²) in [4.78, 5) is 29.6. The van der Waals surface area contributed by atoms with Gasteiger partial charge >= 0.3 is 6.03 Å². The number of allylic oxidation sites excluding steroid dienone is 2. The zero-order valence-corrected chi connectivity index (χ0v) is 28.9. The number of aliphatic hydroxyl groups excluding tert-OH is 1. The molecule has 47 heavy (non-hydrogen) atoms. The van der Waals surface area contributed by atoms with E-state index in [0.717, 1.165) is 36.8 Å². The minimum atomic E-state index is -1.20. The van der Waals surface area contributed by atoms with E-state index in [-0.39, 0.29) is 36.4 Å². The van der Waals surface area contributed by atoms with E-state index in [4.69, 9.17) is 9.47 Å². The van der Waals surface area contributed by atoms with Crippen molar-refractivity contribution >= 4 is 11.8 Å². The van der Waals surface area contributed by atoms with E-state index in [9.17, 15) is 19.8 Å². The Bertz CT molecular complexity index is 1430. The first-order valence-electron chi connectivity index (χ1n) is 17.5. The van der Waals surface area contributed by atoms with Crippen LogP contribution in [0.5, 0.6) is 5.75 Å². The van der Waals surface area contributed by atoms with Crippen molar-refractivity contribution < 1.29 is 29.3 Å². The van der Waals surface area contributed by atoms with Gasteiger partial charge in [0.2, 0.25) is 0 Å². The van der Waals surface area contributed by atoms with Crippen molar-refractivity contribution in [2.24, 2.45) is 5.41 Å². The molecule has 2 amide bonds. The monoisotopic (exact) mass is 646 g/mol. The van der Waals surface area contributed by atoms with Crippen LogP contribution in [-0.2, 0) is 11.2 Å². The van der Waals surface area contributed by atoms with Gasteiger partial charge in [-0.25, -0.2) is 4.79 Å². The van der Waals surface area contributed by atoms with Gasteiger partial charge in [0.1, 0.15) is 5.75 Å². The number of benzene rings is 2. The molecule has 5 atom stereocenters. The lowest BCUT2D eigenvalue weighted by Crippen LogP contribution is -2.57. The molecule has 3 aliphatic carbocycles. The third kappa shape index (κ3) is 7.93. The van der Waals surface area contributed by atoms with Crippen molar-refractivity contribution in [2.45, 2.75) is 115 Å². The predicted octanol–water partition coefficient (Wildman–Crippen LogP) is 6.56. The maximum absolute atomic E-state index is 14.3. The average molecular weight is 647 g/mol. The highest BCUT2D eigenvalue weighted by molar-refractivity contribution is 6.10. The largest absolute Gasteiger partial charge is 0.497 e. The standard InChI is InChI=1S/C39H54N2O6/c1-26(2)40-37(44)41(24-32-9-7-21-47-32)25-39(45)20-18-35-33-17-11-28(22-30(42)14-10-27(3)8-6-19-38(35,39)4)23-34(33)36(43)29-12-15-31(46-5)16-13-29/h8,11-13,15-17,23,26,30,32,35,42,45H,6-7,9-10,14,18-22,24-25H2,1-5H3,(H,40,44)/t30-,32+,35-,38-,39+/m0/s1. The van der Waals surface area contributed by atoms with Gasteiger partial charge in [0.15, 0.2) is 5.78 Å². The van der Waals surface area contributed by atoms with Gasteiger partial charge in [-0.15, -0.1) is 0 Å². The van der Waals surface area contributed by atoms with E-state index >= 15 is 0 Å². The SMILES string of the molecule is COc1ccc(C(=O)c2cc3ccc2[C@@H]2CC[C@@](O)(CN(C[C@H]4CCCO4)C(=O)NC(C)C)[C@@]2(C)CCC=C(C)CC[C@H](O)C3)cc1. The van der Waals surface area contributed by atoms with E-state index in [1.165, 1.54) is 5.57 Å². The maximum Gasteiger partial charge on any atom is 0.317 e. The molecule has 0 unspecified atom stereocenters. The Morgan fingerprint density at radius 3 is 2.55 bits per heavy atom. The number of hydrogen-bond acceptors (Lipinski definition) is 6. The van der Waals surface area contributed by atoms with Crippen LogP contribution in [0.25, 0.3) is 0 Å². The Kier molecular flexibility index (Phi) is 11.1. The Hall–Kier alpha value is -3.20. The molecule has 6 rings (SSSR count). The number of ketones is 1. The highest BCUT2D eigenvalue weighted by atomic mass is 16.5. The summed E-state index contributed by atoms with van der Waals surface area (Å²) in [6.45, 7) is 9.46. The van der Waals surface area contributed by atoms with Crippen LogP contribution in [0.15, 0.2) is 54.1 Å². The van der Waals surface area contributed by atoms with Crippen molar-refractivity contribution in [3.63, 3.8) is 0 Å². The second-order valence-corrected chi connectivity index (χ2v) is 14.6. The number of aliphatic hydroxyl groups is 2. The van der Waals surface area contributed by atoms with Gasteiger partial charge in [-0.1, -0.05) is 30.7 Å². The molecule has 1 saturated carbocycles. The van der Waals surface area contributed by atoms with Gasteiger partial charge < -0.3 is 29.9 Å². The number of hydrogen-bond donors (Lipinski definition) is 3. The molecular weight excluding hydrogens is 592 g/mol. The van der Waals surface area contributed by atoms with Crippen LogP contribution in [0.4, 0.5) is 4.79 Å². The third-order valence-electron chi connectivity index (χ3n) is 10.9. The van der Waals surface area contributed by atoms with Crippen molar-refractivity contribution in [3.05, 3.63) is 76.4 Å². The summed E-state index contributed by atoms with van der Waals surface area (Å²) >= 11 is 0. The highest BCUT2D eigenvalue weighted by Gasteiger charge is 2.57. The number of carbonyl (C=O) groups excluding carboxylic acids is 2. The van der Waals surface area contributed by atoms with Gasteiger partial charge in [-0.05, 0) is 126 Å². The fourth-order valence-corrected chi connectivity index (χ4v) is 8.00. The van der Waals surface area contributed by atoms with Crippen molar-refractivity contribution in [1.29, 1.82) is 0 Å². The number of methoxy groups -OCH3 is 1. The van der Waals surface area contributed by atoms with E-state index in [1.807, 2.05) is 26.0 Å². The summed E-state index contributed by atoms with van der Waals surface area (Å²) in [6.07, 6.45) is 8.05. The van der Waals surface area contributed by atoms with Crippen LogP contribution in [0.3, 0.4) is 0 Å². The fourth-order valence-electron chi connectivity index (χ4n) is 8.00. The first kappa shape index (κ1) is 35.1. The third-order valence-corrected chi connectivity index (χ3v) is 10.9. The molecule has 0 spiro atoms. The molecule has 4 aliphatic rings. The molecular formula is C39H54N2O6. The van der Waals surface area contributed by atoms with Crippen LogP contribution < -0.4 is 10.1 Å². The zero-order valence-electron chi connectivity index (χ0n) is 28.9. The second-order valence-electron chi connectivity index (χ2n) is 14.6. The number of amides is 2. The molecule has 0 aromatic heterocycles. The average Bonchev–Trinajstić information content (AvgIpc) is 3.64. The molecule has 2 aromatic carbocycles. The molecule has 2 fully saturated rings. The first-order valence-corrected chi connectivity index (χ1v) is 17.5. The maximum atomic E-state index is 14.3. The zero-order chi connectivity index (χ0) is 33.8. The van der Waals surface area contributed by atoms with Crippen LogP contribution in [0, 0.1) is 5.41 Å². The van der Waals surface area contributed by atoms with Crippen LogP contribution in [0.1, 0.15) is 112 Å². The molecule has 1 saturated heterocycles. The minimum Gasteiger partial charge on any atom is -0.497 e. The van der Waals surface area contributed by atoms with Crippen LogP contribution >= 0.6 is 0 Å². The molecule has 2 aromatic rings. The molecule has 1 aliphatic heterocycles. The summed E-state index contributed by atoms with van der Waals surface area (Å²) in [5.41, 5.74) is 2.39. The number of urea groups is 1. The predicted molar refractivity (Wildman–Crippen MR) is 184 cm³/mol. The molecule has 8 heteroatoms. The van der Waals surface area contributed by atoms with E-state index in [2.05, 4.69) is 31.3 Å². The lowest BCUT2D eigenvalue weighted by atomic mass is 9.64.